The van der Waals surface area contributed by atoms with Crippen molar-refractivity contribution in [1.82, 2.24) is 15.0 Å². The van der Waals surface area contributed by atoms with Crippen molar-refractivity contribution < 1.29 is 22.7 Å². The van der Waals surface area contributed by atoms with Crippen molar-refractivity contribution >= 4 is 50.8 Å². The van der Waals surface area contributed by atoms with Crippen LogP contribution < -0.4 is 10.6 Å². The van der Waals surface area contributed by atoms with Gasteiger partial charge in [0.1, 0.15) is 5.56 Å². The van der Waals surface area contributed by atoms with E-state index in [0.29, 0.717) is 21.1 Å². The first-order valence-corrected chi connectivity index (χ1v) is 11.3. The molecule has 4 rings (SSSR count). The topological polar surface area (TPSA) is 104 Å². The first kappa shape index (κ1) is 24.0. The van der Waals surface area contributed by atoms with E-state index in [1.54, 1.807) is 19.2 Å². The summed E-state index contributed by atoms with van der Waals surface area (Å²) in [7, 11) is 2.93. The molecular weight excluding hydrogens is 517 g/mol. The fraction of sp³-hybridized carbons (Fsp3) is 0.364. The summed E-state index contributed by atoms with van der Waals surface area (Å²) in [5.41, 5.74) is -0.0180. The maximum Gasteiger partial charge on any atom is 0.419 e. The molecule has 1 unspecified atom stereocenters. The fourth-order valence-corrected chi connectivity index (χ4v) is 4.74. The number of ether oxygens (including phenoxy) is 1. The molecule has 0 bridgehead atoms. The Labute approximate surface area is 201 Å². The van der Waals surface area contributed by atoms with E-state index < -0.39 is 17.8 Å². The molecule has 0 saturated heterocycles. The van der Waals surface area contributed by atoms with Crippen LogP contribution in [-0.2, 0) is 10.9 Å². The van der Waals surface area contributed by atoms with Crippen LogP contribution >= 0.6 is 15.9 Å². The molecular formula is C22H22BrF3N6O2. The average Bonchev–Trinajstić information content (AvgIpc) is 3.42. The van der Waals surface area contributed by atoms with Gasteiger partial charge in [-0.3, -0.25) is 5.32 Å². The van der Waals surface area contributed by atoms with Gasteiger partial charge in [-0.05, 0) is 34.8 Å². The van der Waals surface area contributed by atoms with Gasteiger partial charge in [-0.1, -0.05) is 12.5 Å². The summed E-state index contributed by atoms with van der Waals surface area (Å²) in [4.78, 5) is 26.9. The lowest BCUT2D eigenvalue weighted by Gasteiger charge is -2.19. The van der Waals surface area contributed by atoms with E-state index in [1.807, 2.05) is 6.21 Å². The number of fused-ring (bicyclic) bond motifs is 1. The molecule has 1 fully saturated rings. The molecule has 34 heavy (non-hydrogen) atoms. The minimum Gasteiger partial charge on any atom is -0.453 e. The molecule has 1 aliphatic rings. The third-order valence-electron chi connectivity index (χ3n) is 5.79. The summed E-state index contributed by atoms with van der Waals surface area (Å²) in [6.45, 7) is 0. The molecule has 3 N–H and O–H groups in total. The van der Waals surface area contributed by atoms with Gasteiger partial charge < -0.3 is 20.0 Å². The van der Waals surface area contributed by atoms with Crippen LogP contribution in [0.25, 0.3) is 22.2 Å². The van der Waals surface area contributed by atoms with Crippen molar-refractivity contribution in [1.29, 1.82) is 0 Å². The minimum absolute atomic E-state index is 0.00245. The SMILES string of the molecule is CN=CC1CCC[C@@H]1Nc1ncc(C(F)(F)F)c(-c2c[nH]c3c(Br)c(NC(=O)OC)ccc23)n1. The summed E-state index contributed by atoms with van der Waals surface area (Å²) < 4.78 is 46.7. The number of nitrogens with one attached hydrogen (secondary N) is 3. The predicted octanol–water partition coefficient (Wildman–Crippen LogP) is 5.87. The number of aliphatic imine (C=N–C) groups is 1. The van der Waals surface area contributed by atoms with Crippen LogP contribution in [0.1, 0.15) is 24.8 Å². The first-order chi connectivity index (χ1) is 16.2. The molecule has 2 heterocycles. The maximum atomic E-state index is 13.9. The summed E-state index contributed by atoms with van der Waals surface area (Å²) in [5, 5.41) is 6.23. The number of H-pyrrole nitrogens is 1. The Morgan fingerprint density at radius 2 is 2.15 bits per heavy atom. The Hall–Kier alpha value is -3.15. The van der Waals surface area contributed by atoms with Crippen LogP contribution in [0.5, 0.6) is 0 Å². The fourth-order valence-electron chi connectivity index (χ4n) is 4.18. The van der Waals surface area contributed by atoms with E-state index in [0.717, 1.165) is 25.5 Å². The van der Waals surface area contributed by atoms with Gasteiger partial charge in [-0.25, -0.2) is 14.8 Å². The molecule has 12 heteroatoms. The number of aromatic nitrogens is 3. The van der Waals surface area contributed by atoms with E-state index >= 15 is 0 Å². The molecule has 2 aromatic heterocycles. The smallest absolute Gasteiger partial charge is 0.419 e. The Bertz CT molecular complexity index is 1240. The van der Waals surface area contributed by atoms with Crippen LogP contribution in [0, 0.1) is 5.92 Å². The van der Waals surface area contributed by atoms with Crippen molar-refractivity contribution in [3.63, 3.8) is 0 Å². The van der Waals surface area contributed by atoms with Gasteiger partial charge in [-0.2, -0.15) is 13.2 Å². The standard InChI is InChI=1S/C22H22BrF3N6O2/c1-27-8-11-4-3-5-15(11)30-20-29-10-14(22(24,25)26)18(32-20)13-9-28-19-12(13)6-7-16(17(19)23)31-21(33)34-2/h6-11,15,28H,3-5H2,1-2H3,(H,31,33)(H,29,30,32)/t11?,15-/m0/s1. The number of anilines is 2. The van der Waals surface area contributed by atoms with Gasteiger partial charge in [0, 0.05) is 48.6 Å². The third-order valence-corrected chi connectivity index (χ3v) is 6.61. The Kier molecular flexibility index (Phi) is 6.78. The molecule has 0 aliphatic heterocycles. The van der Waals surface area contributed by atoms with Crippen molar-refractivity contribution in [2.24, 2.45) is 10.9 Å². The number of nitrogens with zero attached hydrogens (tertiary/aromatic N) is 3. The number of halogens is 4. The van der Waals surface area contributed by atoms with Crippen molar-refractivity contribution in [3.8, 4) is 11.3 Å². The van der Waals surface area contributed by atoms with E-state index in [9.17, 15) is 18.0 Å². The highest BCUT2D eigenvalue weighted by Gasteiger charge is 2.36. The van der Waals surface area contributed by atoms with Crippen LogP contribution in [0.2, 0.25) is 0 Å². The molecule has 8 nitrogen and oxygen atoms in total. The number of carbonyl (C=O) groups excluding carboxylic acids is 1. The number of rotatable bonds is 5. The highest BCUT2D eigenvalue weighted by Crippen LogP contribution is 2.41. The molecule has 1 saturated carbocycles. The largest absolute Gasteiger partial charge is 0.453 e. The number of alkyl halides is 3. The number of aromatic amines is 1. The number of methoxy groups -OCH3 is 1. The monoisotopic (exact) mass is 538 g/mol. The first-order valence-electron chi connectivity index (χ1n) is 10.5. The number of amides is 1. The van der Waals surface area contributed by atoms with Gasteiger partial charge in [0.2, 0.25) is 5.95 Å². The quantitative estimate of drug-likeness (QED) is 0.352. The minimum atomic E-state index is -4.65. The van der Waals surface area contributed by atoms with Crippen molar-refractivity contribution in [2.45, 2.75) is 31.5 Å². The van der Waals surface area contributed by atoms with E-state index in [-0.39, 0.29) is 29.2 Å². The zero-order valence-corrected chi connectivity index (χ0v) is 19.9. The van der Waals surface area contributed by atoms with E-state index in [4.69, 9.17) is 0 Å². The molecule has 3 aromatic rings. The summed E-state index contributed by atoms with van der Waals surface area (Å²) in [6.07, 6.45) is 1.59. The molecule has 0 spiro atoms. The summed E-state index contributed by atoms with van der Waals surface area (Å²) in [6, 6.07) is 3.18. The second kappa shape index (κ2) is 9.61. The van der Waals surface area contributed by atoms with Gasteiger partial charge in [0.25, 0.3) is 0 Å². The summed E-state index contributed by atoms with van der Waals surface area (Å²) in [5.74, 6) is 0.297. The van der Waals surface area contributed by atoms with E-state index in [1.165, 1.54) is 13.3 Å². The van der Waals surface area contributed by atoms with Gasteiger partial charge in [0.15, 0.2) is 0 Å². The van der Waals surface area contributed by atoms with Crippen molar-refractivity contribution in [3.05, 3.63) is 34.6 Å². The number of hydrogen-bond donors (Lipinski definition) is 3. The van der Waals surface area contributed by atoms with Crippen LogP contribution in [0.15, 0.2) is 34.0 Å². The number of carbonyl (C=O) groups is 1. The summed E-state index contributed by atoms with van der Waals surface area (Å²) >= 11 is 3.40. The van der Waals surface area contributed by atoms with Crippen molar-refractivity contribution in [2.75, 3.05) is 24.8 Å². The zero-order chi connectivity index (χ0) is 24.5. The van der Waals surface area contributed by atoms with Gasteiger partial charge in [0.05, 0.1) is 28.5 Å². The highest BCUT2D eigenvalue weighted by molar-refractivity contribution is 9.10. The molecule has 1 aromatic carbocycles. The third kappa shape index (κ3) is 4.72. The Balaban J connectivity index is 1.77. The maximum absolute atomic E-state index is 13.9. The lowest BCUT2D eigenvalue weighted by Crippen LogP contribution is -2.26. The molecule has 1 amide bonds. The molecule has 1 aliphatic carbocycles. The van der Waals surface area contributed by atoms with Crippen LogP contribution in [-0.4, -0.2) is 47.5 Å². The van der Waals surface area contributed by atoms with Gasteiger partial charge in [-0.15, -0.1) is 0 Å². The number of benzene rings is 1. The lowest BCUT2D eigenvalue weighted by molar-refractivity contribution is -0.137. The normalized spacial score (nSPS) is 18.5. The molecule has 0 radical (unpaired) electrons. The second-order valence-corrected chi connectivity index (χ2v) is 8.67. The Morgan fingerprint density at radius 1 is 1.35 bits per heavy atom. The van der Waals surface area contributed by atoms with Crippen LogP contribution in [0.3, 0.4) is 0 Å². The molecule has 2 atom stereocenters. The average molecular weight is 539 g/mol. The Morgan fingerprint density at radius 3 is 2.85 bits per heavy atom. The number of hydrogen-bond acceptors (Lipinski definition) is 6. The predicted molar refractivity (Wildman–Crippen MR) is 127 cm³/mol. The van der Waals surface area contributed by atoms with Crippen LogP contribution in [0.4, 0.5) is 29.6 Å². The van der Waals surface area contributed by atoms with E-state index in [2.05, 4.69) is 51.2 Å². The lowest BCUT2D eigenvalue weighted by atomic mass is 10.0. The molecule has 180 valence electrons. The highest BCUT2D eigenvalue weighted by atomic mass is 79.9. The van der Waals surface area contributed by atoms with Gasteiger partial charge >= 0.3 is 12.3 Å². The second-order valence-electron chi connectivity index (χ2n) is 7.88. The zero-order valence-electron chi connectivity index (χ0n) is 18.3.